The van der Waals surface area contributed by atoms with Crippen LogP contribution in [0.2, 0.25) is 0 Å². The molecule has 0 aliphatic carbocycles. The van der Waals surface area contributed by atoms with Crippen molar-refractivity contribution in [2.75, 3.05) is 11.9 Å². The molecule has 0 saturated carbocycles. The van der Waals surface area contributed by atoms with Crippen LogP contribution in [0.1, 0.15) is 36.7 Å². The summed E-state index contributed by atoms with van der Waals surface area (Å²) in [4.78, 5) is 11.8. The lowest BCUT2D eigenvalue weighted by Gasteiger charge is -2.14. The van der Waals surface area contributed by atoms with Crippen LogP contribution in [-0.4, -0.2) is 17.7 Å². The van der Waals surface area contributed by atoms with Crippen molar-refractivity contribution in [3.05, 3.63) is 41.2 Å². The Kier molecular flexibility index (Phi) is 4.62. The first-order chi connectivity index (χ1) is 9.95. The van der Waals surface area contributed by atoms with E-state index in [-0.39, 0.29) is 12.5 Å². The minimum absolute atomic E-state index is 0.0604. The number of nitrogens with zero attached hydrogens (tertiary/aromatic N) is 1. The topological polar surface area (TPSA) is 64.4 Å². The fourth-order valence-corrected chi connectivity index (χ4v) is 1.99. The Morgan fingerprint density at radius 1 is 1.33 bits per heavy atom. The molecular weight excluding hydrogens is 268 g/mol. The van der Waals surface area contributed by atoms with Crippen LogP contribution < -0.4 is 10.1 Å². The second kappa shape index (κ2) is 6.43. The Labute approximate surface area is 124 Å². The maximum atomic E-state index is 11.8. The Hall–Kier alpha value is -2.30. The van der Waals surface area contributed by atoms with Crippen molar-refractivity contribution < 1.29 is 14.1 Å². The third-order valence-corrected chi connectivity index (χ3v) is 3.05. The molecule has 0 bridgehead atoms. The number of benzene rings is 1. The average molecular weight is 288 g/mol. The molecule has 2 aromatic rings. The van der Waals surface area contributed by atoms with E-state index in [1.165, 1.54) is 0 Å². The number of hydrogen-bond acceptors (Lipinski definition) is 4. The van der Waals surface area contributed by atoms with Gasteiger partial charge in [0.05, 0.1) is 0 Å². The van der Waals surface area contributed by atoms with Crippen molar-refractivity contribution >= 4 is 11.7 Å². The minimum Gasteiger partial charge on any atom is -0.483 e. The standard InChI is InChI=1S/C16H20N2O3/c1-10(2)13-6-5-11(3)7-14(13)20-9-16(19)17-15-8-12(4)21-18-15/h5-8,10H,9H2,1-4H3,(H,17,18,19). The molecule has 21 heavy (non-hydrogen) atoms. The first-order valence-electron chi connectivity index (χ1n) is 6.92. The molecule has 0 atom stereocenters. The van der Waals surface area contributed by atoms with Crippen LogP contribution >= 0.6 is 0 Å². The summed E-state index contributed by atoms with van der Waals surface area (Å²) in [7, 11) is 0. The highest BCUT2D eigenvalue weighted by atomic mass is 16.5. The van der Waals surface area contributed by atoms with Crippen LogP contribution in [0.25, 0.3) is 0 Å². The van der Waals surface area contributed by atoms with Gasteiger partial charge in [0.2, 0.25) is 0 Å². The average Bonchev–Trinajstić information content (AvgIpc) is 2.81. The van der Waals surface area contributed by atoms with Gasteiger partial charge in [-0.2, -0.15) is 0 Å². The van der Waals surface area contributed by atoms with Crippen molar-refractivity contribution in [3.8, 4) is 5.75 Å². The highest BCUT2D eigenvalue weighted by Gasteiger charge is 2.11. The van der Waals surface area contributed by atoms with Crippen molar-refractivity contribution in [2.45, 2.75) is 33.6 Å². The van der Waals surface area contributed by atoms with Gasteiger partial charge in [0, 0.05) is 6.07 Å². The summed E-state index contributed by atoms with van der Waals surface area (Å²) < 4.78 is 10.5. The van der Waals surface area contributed by atoms with E-state index in [4.69, 9.17) is 9.26 Å². The van der Waals surface area contributed by atoms with Gasteiger partial charge in [0.1, 0.15) is 11.5 Å². The summed E-state index contributed by atoms with van der Waals surface area (Å²) in [6, 6.07) is 7.68. The number of carbonyl (C=O) groups is 1. The van der Waals surface area contributed by atoms with E-state index in [1.807, 2.05) is 25.1 Å². The molecule has 0 aliphatic heterocycles. The van der Waals surface area contributed by atoms with Crippen molar-refractivity contribution in [3.63, 3.8) is 0 Å². The summed E-state index contributed by atoms with van der Waals surface area (Å²) in [6.45, 7) is 7.89. The Morgan fingerprint density at radius 3 is 2.71 bits per heavy atom. The van der Waals surface area contributed by atoms with Crippen LogP contribution in [0.4, 0.5) is 5.82 Å². The molecule has 2 rings (SSSR count). The predicted octanol–water partition coefficient (Wildman–Crippen LogP) is 3.43. The van der Waals surface area contributed by atoms with Gasteiger partial charge in [-0.1, -0.05) is 31.1 Å². The lowest BCUT2D eigenvalue weighted by Crippen LogP contribution is -2.20. The first kappa shape index (κ1) is 15.1. The van der Waals surface area contributed by atoms with E-state index in [0.717, 1.165) is 16.9 Å². The van der Waals surface area contributed by atoms with E-state index in [9.17, 15) is 4.79 Å². The molecule has 1 amide bonds. The molecule has 0 radical (unpaired) electrons. The van der Waals surface area contributed by atoms with Crippen LogP contribution in [-0.2, 0) is 4.79 Å². The number of carbonyl (C=O) groups excluding carboxylic acids is 1. The molecule has 0 spiro atoms. The van der Waals surface area contributed by atoms with Crippen molar-refractivity contribution in [2.24, 2.45) is 0 Å². The van der Waals surface area contributed by atoms with Gasteiger partial charge in [0.25, 0.3) is 5.91 Å². The van der Waals surface area contributed by atoms with E-state index in [2.05, 4.69) is 24.3 Å². The smallest absolute Gasteiger partial charge is 0.263 e. The maximum absolute atomic E-state index is 11.8. The largest absolute Gasteiger partial charge is 0.483 e. The number of anilines is 1. The minimum atomic E-state index is -0.264. The Morgan fingerprint density at radius 2 is 2.10 bits per heavy atom. The molecule has 5 nitrogen and oxygen atoms in total. The van der Waals surface area contributed by atoms with Gasteiger partial charge in [0.15, 0.2) is 12.4 Å². The van der Waals surface area contributed by atoms with Gasteiger partial charge < -0.3 is 14.6 Å². The number of hydrogen-bond donors (Lipinski definition) is 1. The summed E-state index contributed by atoms with van der Waals surface area (Å²) >= 11 is 0. The van der Waals surface area contributed by atoms with Crippen molar-refractivity contribution in [1.29, 1.82) is 0 Å². The molecule has 1 heterocycles. The van der Waals surface area contributed by atoms with E-state index >= 15 is 0 Å². The molecule has 0 saturated heterocycles. The van der Waals surface area contributed by atoms with Crippen molar-refractivity contribution in [1.82, 2.24) is 5.16 Å². The summed E-state index contributed by atoms with van der Waals surface area (Å²) in [5, 5.41) is 6.34. The third kappa shape index (κ3) is 4.08. The fraction of sp³-hybridized carbons (Fsp3) is 0.375. The summed E-state index contributed by atoms with van der Waals surface area (Å²) in [5.74, 6) is 1.86. The van der Waals surface area contributed by atoms with Gasteiger partial charge >= 0.3 is 0 Å². The third-order valence-electron chi connectivity index (χ3n) is 3.05. The summed E-state index contributed by atoms with van der Waals surface area (Å²) in [5.41, 5.74) is 2.19. The predicted molar refractivity (Wildman–Crippen MR) is 80.6 cm³/mol. The number of aryl methyl sites for hydroxylation is 2. The lowest BCUT2D eigenvalue weighted by atomic mass is 10.0. The second-order valence-corrected chi connectivity index (χ2v) is 5.36. The van der Waals surface area contributed by atoms with Gasteiger partial charge in [-0.15, -0.1) is 0 Å². The Balaban J connectivity index is 1.99. The second-order valence-electron chi connectivity index (χ2n) is 5.36. The number of nitrogens with one attached hydrogen (secondary N) is 1. The molecule has 1 N–H and O–H groups in total. The van der Waals surface area contributed by atoms with Gasteiger partial charge in [-0.3, -0.25) is 4.79 Å². The molecule has 0 fully saturated rings. The van der Waals surface area contributed by atoms with Gasteiger partial charge in [-0.25, -0.2) is 0 Å². The molecule has 112 valence electrons. The molecule has 0 aliphatic rings. The lowest BCUT2D eigenvalue weighted by molar-refractivity contribution is -0.118. The zero-order valence-corrected chi connectivity index (χ0v) is 12.8. The highest BCUT2D eigenvalue weighted by Crippen LogP contribution is 2.27. The molecule has 1 aromatic carbocycles. The molecule has 1 aromatic heterocycles. The van der Waals surface area contributed by atoms with E-state index in [1.54, 1.807) is 13.0 Å². The van der Waals surface area contributed by atoms with Gasteiger partial charge in [-0.05, 0) is 37.0 Å². The van der Waals surface area contributed by atoms with E-state index in [0.29, 0.717) is 17.5 Å². The number of aromatic nitrogens is 1. The summed E-state index contributed by atoms with van der Waals surface area (Å²) in [6.07, 6.45) is 0. The quantitative estimate of drug-likeness (QED) is 0.915. The SMILES string of the molecule is Cc1ccc(C(C)C)c(OCC(=O)Nc2cc(C)on2)c1. The molecule has 5 heteroatoms. The van der Waals surface area contributed by atoms with Crippen LogP contribution in [0.5, 0.6) is 5.75 Å². The molecule has 0 unspecified atom stereocenters. The number of amides is 1. The maximum Gasteiger partial charge on any atom is 0.263 e. The zero-order valence-electron chi connectivity index (χ0n) is 12.8. The molecular formula is C16H20N2O3. The zero-order chi connectivity index (χ0) is 15.4. The van der Waals surface area contributed by atoms with Crippen LogP contribution in [0.3, 0.4) is 0 Å². The fourth-order valence-electron chi connectivity index (χ4n) is 1.99. The number of rotatable bonds is 5. The number of ether oxygens (including phenoxy) is 1. The van der Waals surface area contributed by atoms with E-state index < -0.39 is 0 Å². The first-order valence-corrected chi connectivity index (χ1v) is 6.92. The van der Waals surface area contributed by atoms with Crippen LogP contribution in [0, 0.1) is 13.8 Å². The highest BCUT2D eigenvalue weighted by molar-refractivity contribution is 5.90. The normalized spacial score (nSPS) is 10.7. The monoisotopic (exact) mass is 288 g/mol. The van der Waals surface area contributed by atoms with Crippen LogP contribution in [0.15, 0.2) is 28.8 Å². The Bertz CT molecular complexity index is 632.